The zero-order valence-corrected chi connectivity index (χ0v) is 15.0. The van der Waals surface area contributed by atoms with Gasteiger partial charge in [0.15, 0.2) is 0 Å². The summed E-state index contributed by atoms with van der Waals surface area (Å²) in [7, 11) is 2.22. The van der Waals surface area contributed by atoms with E-state index in [-0.39, 0.29) is 32.7 Å². The van der Waals surface area contributed by atoms with Crippen molar-refractivity contribution in [1.82, 2.24) is 4.90 Å². The van der Waals surface area contributed by atoms with Gasteiger partial charge in [-0.2, -0.15) is 26.0 Å². The first-order valence-corrected chi connectivity index (χ1v) is 6.63. The largest absolute Gasteiger partial charge is 0.331 e. The molecular weight excluding hydrogens is 291 g/mol. The first kappa shape index (κ1) is 17.4. The van der Waals surface area contributed by atoms with Gasteiger partial charge in [-0.25, -0.2) is 0 Å². The van der Waals surface area contributed by atoms with Crippen molar-refractivity contribution in [3.63, 3.8) is 0 Å². The smallest absolute Gasteiger partial charge is 0.00230 e. The van der Waals surface area contributed by atoms with Gasteiger partial charge in [-0.15, -0.1) is 0 Å². The molecule has 0 aromatic rings. The van der Waals surface area contributed by atoms with E-state index in [1.165, 1.54) is 32.4 Å². The minimum atomic E-state index is 0. The number of rotatable bonds is 6. The van der Waals surface area contributed by atoms with Gasteiger partial charge in [0.2, 0.25) is 0 Å². The Hall–Kier alpha value is 1.41. The van der Waals surface area contributed by atoms with Crippen LogP contribution in [-0.2, 0) is 32.7 Å². The Labute approximate surface area is 132 Å². The molecule has 1 radical (unpaired) electrons. The molecule has 0 aromatic heterocycles. The third kappa shape index (κ3) is 5.37. The fourth-order valence-electron chi connectivity index (χ4n) is 3.28. The summed E-state index contributed by atoms with van der Waals surface area (Å²) in [4.78, 5) is 2.43. The van der Waals surface area contributed by atoms with Crippen LogP contribution in [0.15, 0.2) is 0 Å². The van der Waals surface area contributed by atoms with Gasteiger partial charge in [0.25, 0.3) is 0 Å². The first-order valence-electron chi connectivity index (χ1n) is 6.12. The fraction of sp³-hybridized carbons (Fsp3) is 0.923. The van der Waals surface area contributed by atoms with Crippen molar-refractivity contribution in [2.75, 3.05) is 20.1 Å². The minimum absolute atomic E-state index is 0. The topological polar surface area (TPSA) is 3.24 Å². The zero-order valence-electron chi connectivity index (χ0n) is 11.2. The molecule has 0 N–H and O–H groups in total. The van der Waals surface area contributed by atoms with Gasteiger partial charge in [0, 0.05) is 45.8 Å². The van der Waals surface area contributed by atoms with E-state index in [1.54, 1.807) is 0 Å². The van der Waals surface area contributed by atoms with Gasteiger partial charge in [-0.3, -0.25) is 0 Å². The van der Waals surface area contributed by atoms with Gasteiger partial charge >= 0.3 is 0 Å². The van der Waals surface area contributed by atoms with Crippen molar-refractivity contribution < 1.29 is 32.7 Å². The van der Waals surface area contributed by atoms with Crippen LogP contribution in [0.1, 0.15) is 40.0 Å². The summed E-state index contributed by atoms with van der Waals surface area (Å²) >= 11 is 4.49. The van der Waals surface area contributed by atoms with E-state index in [0.29, 0.717) is 10.7 Å². The van der Waals surface area contributed by atoms with Gasteiger partial charge in [-0.1, -0.05) is 13.8 Å². The minimum Gasteiger partial charge on any atom is -0.331 e. The molecule has 0 amide bonds. The summed E-state index contributed by atoms with van der Waals surface area (Å²) in [6.07, 6.45) is 6.23. The zero-order chi connectivity index (χ0) is 11.5. The van der Waals surface area contributed by atoms with Crippen molar-refractivity contribution in [3.05, 3.63) is 6.42 Å². The maximum Gasteiger partial charge on any atom is 0.00230 e. The van der Waals surface area contributed by atoms with Gasteiger partial charge in [0.05, 0.1) is 0 Å². The van der Waals surface area contributed by atoms with Crippen LogP contribution in [0.4, 0.5) is 0 Å². The second-order valence-corrected chi connectivity index (χ2v) is 6.56. The number of thiol groups is 1. The number of hydrogen-bond acceptors (Lipinski definition) is 2. The summed E-state index contributed by atoms with van der Waals surface area (Å²) in [5, 5.41) is 0.542. The van der Waals surface area contributed by atoms with Crippen LogP contribution in [-0.4, -0.2) is 30.3 Å². The molecule has 1 saturated heterocycles. The molecule has 0 bridgehead atoms. The molecule has 1 heterocycles. The first-order chi connectivity index (χ1) is 6.97. The average Bonchev–Trinajstić information content (AvgIpc) is 1.99. The SMILES string of the molecule is C[CH-]CC1(CC(C)CC(C)S)CN(C)C1.[Y]. The van der Waals surface area contributed by atoms with E-state index in [9.17, 15) is 0 Å². The number of hydrogen-bond donors (Lipinski definition) is 1. The van der Waals surface area contributed by atoms with E-state index >= 15 is 0 Å². The van der Waals surface area contributed by atoms with E-state index in [0.717, 1.165) is 5.92 Å². The fourth-order valence-corrected chi connectivity index (χ4v) is 3.64. The summed E-state index contributed by atoms with van der Waals surface area (Å²) < 4.78 is 0. The molecule has 1 aliphatic heterocycles. The third-order valence-electron chi connectivity index (χ3n) is 3.37. The molecule has 1 fully saturated rings. The molecular formula is C13H26NSY-. The Morgan fingerprint density at radius 2 is 1.94 bits per heavy atom. The van der Waals surface area contributed by atoms with E-state index in [2.05, 4.69) is 51.8 Å². The molecule has 1 nitrogen and oxygen atoms in total. The molecule has 2 unspecified atom stereocenters. The molecule has 0 aromatic carbocycles. The van der Waals surface area contributed by atoms with Crippen LogP contribution in [0.2, 0.25) is 0 Å². The maximum absolute atomic E-state index is 4.49. The summed E-state index contributed by atoms with van der Waals surface area (Å²) in [6, 6.07) is 0. The molecule has 0 aliphatic carbocycles. The van der Waals surface area contributed by atoms with E-state index < -0.39 is 0 Å². The number of nitrogens with zero attached hydrogens (tertiary/aromatic N) is 1. The van der Waals surface area contributed by atoms with Gasteiger partial charge in [-0.05, 0) is 36.5 Å². The second kappa shape index (κ2) is 7.76. The summed E-state index contributed by atoms with van der Waals surface area (Å²) in [5.41, 5.74) is 0.589. The Morgan fingerprint density at radius 1 is 1.38 bits per heavy atom. The van der Waals surface area contributed by atoms with Crippen LogP contribution >= 0.6 is 12.6 Å². The summed E-state index contributed by atoms with van der Waals surface area (Å²) in [5.74, 6) is 0.811. The molecule has 16 heavy (non-hydrogen) atoms. The van der Waals surface area contributed by atoms with Crippen LogP contribution in [0.5, 0.6) is 0 Å². The quantitative estimate of drug-likeness (QED) is 0.581. The Morgan fingerprint density at radius 3 is 2.31 bits per heavy atom. The standard InChI is InChI=1S/C13H26NS.Y/c1-5-6-13(9-14(4)10-13)8-11(2)7-12(3)15;/h5,11-12,15H,6-10H2,1-4H3;/q-1;. The van der Waals surface area contributed by atoms with E-state index in [1.807, 2.05) is 0 Å². The molecule has 93 valence electrons. The molecule has 0 spiro atoms. The van der Waals surface area contributed by atoms with E-state index in [4.69, 9.17) is 0 Å². The normalized spacial score (nSPS) is 23.1. The molecule has 2 atom stereocenters. The average molecular weight is 317 g/mol. The Balaban J connectivity index is 0.00000225. The van der Waals surface area contributed by atoms with Crippen molar-refractivity contribution in [3.8, 4) is 0 Å². The van der Waals surface area contributed by atoms with Gasteiger partial charge < -0.3 is 11.3 Å². The number of likely N-dealkylation sites (tertiary alicyclic amines) is 1. The Bertz CT molecular complexity index is 185. The third-order valence-corrected chi connectivity index (χ3v) is 3.58. The van der Waals surface area contributed by atoms with Crippen LogP contribution in [0.3, 0.4) is 0 Å². The Kier molecular flexibility index (Phi) is 8.45. The van der Waals surface area contributed by atoms with Crippen LogP contribution in [0.25, 0.3) is 0 Å². The predicted octanol–water partition coefficient (Wildman–Crippen LogP) is 3.26. The maximum atomic E-state index is 4.49. The van der Waals surface area contributed by atoms with Gasteiger partial charge in [0.1, 0.15) is 0 Å². The predicted molar refractivity (Wildman–Crippen MR) is 71.4 cm³/mol. The van der Waals surface area contributed by atoms with Crippen molar-refractivity contribution in [1.29, 1.82) is 0 Å². The second-order valence-electron chi connectivity index (χ2n) is 5.68. The molecule has 3 heteroatoms. The molecule has 1 aliphatic rings. The molecule has 0 saturated carbocycles. The monoisotopic (exact) mass is 317 g/mol. The van der Waals surface area contributed by atoms with Crippen molar-refractivity contribution in [2.45, 2.75) is 45.3 Å². The van der Waals surface area contributed by atoms with Crippen molar-refractivity contribution >= 4 is 12.6 Å². The molecule has 1 rings (SSSR count). The summed E-state index contributed by atoms with van der Waals surface area (Å²) in [6.45, 7) is 9.32. The van der Waals surface area contributed by atoms with Crippen LogP contribution in [0, 0.1) is 17.8 Å². The van der Waals surface area contributed by atoms with Crippen molar-refractivity contribution in [2.24, 2.45) is 11.3 Å². The van der Waals surface area contributed by atoms with Crippen LogP contribution < -0.4 is 0 Å².